The van der Waals surface area contributed by atoms with Crippen LogP contribution in [0.15, 0.2) is 54.6 Å². The largest absolute Gasteiger partial charge is 0.369 e. The van der Waals surface area contributed by atoms with Crippen LogP contribution in [0.25, 0.3) is 10.9 Å². The third-order valence-corrected chi connectivity index (χ3v) is 5.09. The van der Waals surface area contributed by atoms with E-state index in [2.05, 4.69) is 34.6 Å². The van der Waals surface area contributed by atoms with Crippen molar-refractivity contribution in [1.82, 2.24) is 25.1 Å². The Morgan fingerprint density at radius 1 is 1.00 bits per heavy atom. The minimum Gasteiger partial charge on any atom is -0.369 e. The maximum Gasteiger partial charge on any atom is 0.318 e. The summed E-state index contributed by atoms with van der Waals surface area (Å²) in [5.41, 5.74) is 1.93. The van der Waals surface area contributed by atoms with Crippen LogP contribution in [-0.2, 0) is 6.54 Å². The Bertz CT molecular complexity index is 992. The zero-order valence-electron chi connectivity index (χ0n) is 18.8. The third-order valence-electron chi connectivity index (χ3n) is 5.09. The SMILES string of the molecule is C.C[C@@H](NC(=O)N(C)Cc1nc(NCCCN(C)C)c2ccccc2n1)c1ccccc1. The molecule has 0 aliphatic rings. The van der Waals surface area contributed by atoms with E-state index in [1.54, 1.807) is 11.9 Å². The molecule has 2 N–H and O–H groups in total. The number of carbonyl (C=O) groups excluding carboxylic acids is 1. The fraction of sp³-hybridized carbons (Fsp3) is 0.400. The highest BCUT2D eigenvalue weighted by atomic mass is 16.2. The van der Waals surface area contributed by atoms with Crippen LogP contribution in [0.3, 0.4) is 0 Å². The quantitative estimate of drug-likeness (QED) is 0.482. The number of anilines is 1. The van der Waals surface area contributed by atoms with Crippen molar-refractivity contribution in [3.8, 4) is 0 Å². The number of hydrogen-bond donors (Lipinski definition) is 2. The van der Waals surface area contributed by atoms with E-state index in [0.29, 0.717) is 12.4 Å². The summed E-state index contributed by atoms with van der Waals surface area (Å²) in [5, 5.41) is 7.46. The minimum atomic E-state index is -0.159. The van der Waals surface area contributed by atoms with Crippen LogP contribution in [-0.4, -0.2) is 60.0 Å². The van der Waals surface area contributed by atoms with Gasteiger partial charge < -0.3 is 20.4 Å². The number of urea groups is 1. The van der Waals surface area contributed by atoms with E-state index in [-0.39, 0.29) is 19.5 Å². The molecule has 7 nitrogen and oxygen atoms in total. The molecule has 1 aromatic heterocycles. The smallest absolute Gasteiger partial charge is 0.318 e. The Kier molecular flexibility index (Phi) is 9.40. The van der Waals surface area contributed by atoms with Gasteiger partial charge in [0.05, 0.1) is 18.1 Å². The lowest BCUT2D eigenvalue weighted by Crippen LogP contribution is -2.38. The molecule has 0 aliphatic carbocycles. The van der Waals surface area contributed by atoms with Gasteiger partial charge in [0.1, 0.15) is 5.82 Å². The van der Waals surface area contributed by atoms with Crippen molar-refractivity contribution in [2.75, 3.05) is 39.5 Å². The normalized spacial score (nSPS) is 11.7. The highest BCUT2D eigenvalue weighted by molar-refractivity contribution is 5.89. The number of rotatable bonds is 9. The molecule has 172 valence electrons. The molecule has 0 aliphatic heterocycles. The van der Waals surface area contributed by atoms with Gasteiger partial charge in [-0.3, -0.25) is 0 Å². The van der Waals surface area contributed by atoms with Crippen LogP contribution < -0.4 is 10.6 Å². The van der Waals surface area contributed by atoms with E-state index in [4.69, 9.17) is 4.98 Å². The van der Waals surface area contributed by atoms with Crippen LogP contribution >= 0.6 is 0 Å². The zero-order chi connectivity index (χ0) is 22.2. The molecule has 7 heteroatoms. The number of aromatic nitrogens is 2. The van der Waals surface area contributed by atoms with Gasteiger partial charge in [-0.05, 0) is 51.7 Å². The standard InChI is InChI=1S/C24H32N6O.CH4/c1-18(19-11-6-5-7-12-19)26-24(31)30(4)17-22-27-21-14-9-8-13-20(21)23(28-22)25-15-10-16-29(2)3;/h5-9,11-14,18H,10,15-17H2,1-4H3,(H,26,31)(H,25,27,28);1H4/t18-;/m1./s1. The van der Waals surface area contributed by atoms with Gasteiger partial charge in [-0.25, -0.2) is 14.8 Å². The van der Waals surface area contributed by atoms with E-state index in [9.17, 15) is 4.79 Å². The molecule has 2 amide bonds. The average Bonchev–Trinajstić information content (AvgIpc) is 2.77. The molecular weight excluding hydrogens is 400 g/mol. The van der Waals surface area contributed by atoms with E-state index in [1.807, 2.05) is 61.5 Å². The second-order valence-corrected chi connectivity index (χ2v) is 8.03. The van der Waals surface area contributed by atoms with Gasteiger partial charge in [0, 0.05) is 19.0 Å². The molecule has 2 aromatic carbocycles. The second-order valence-electron chi connectivity index (χ2n) is 8.03. The Hall–Kier alpha value is -3.19. The summed E-state index contributed by atoms with van der Waals surface area (Å²) in [7, 11) is 5.89. The number of benzene rings is 2. The Balaban J connectivity index is 0.00000363. The molecule has 0 unspecified atom stereocenters. The van der Waals surface area contributed by atoms with Crippen LogP contribution in [0, 0.1) is 0 Å². The van der Waals surface area contributed by atoms with Gasteiger partial charge in [-0.1, -0.05) is 49.9 Å². The number of para-hydroxylation sites is 1. The summed E-state index contributed by atoms with van der Waals surface area (Å²) in [6.07, 6.45) is 1.01. The average molecular weight is 437 g/mol. The Morgan fingerprint density at radius 2 is 1.69 bits per heavy atom. The van der Waals surface area contributed by atoms with Crippen molar-refractivity contribution in [3.05, 3.63) is 66.0 Å². The summed E-state index contributed by atoms with van der Waals surface area (Å²) >= 11 is 0. The highest BCUT2D eigenvalue weighted by Gasteiger charge is 2.16. The van der Waals surface area contributed by atoms with Gasteiger partial charge in [0.15, 0.2) is 5.82 Å². The van der Waals surface area contributed by atoms with Gasteiger partial charge in [0.2, 0.25) is 0 Å². The summed E-state index contributed by atoms with van der Waals surface area (Å²) in [5.74, 6) is 1.42. The van der Waals surface area contributed by atoms with Crippen molar-refractivity contribution in [3.63, 3.8) is 0 Å². The Labute approximate surface area is 191 Å². The second kappa shape index (κ2) is 12.0. The van der Waals surface area contributed by atoms with Crippen molar-refractivity contribution in [2.24, 2.45) is 0 Å². The first-order valence-electron chi connectivity index (χ1n) is 10.6. The fourth-order valence-electron chi connectivity index (χ4n) is 3.34. The van der Waals surface area contributed by atoms with Crippen molar-refractivity contribution in [2.45, 2.75) is 33.4 Å². The zero-order valence-corrected chi connectivity index (χ0v) is 18.8. The third kappa shape index (κ3) is 6.92. The van der Waals surface area contributed by atoms with E-state index >= 15 is 0 Å². The number of amides is 2. The van der Waals surface area contributed by atoms with Gasteiger partial charge in [0.25, 0.3) is 0 Å². The van der Waals surface area contributed by atoms with Crippen LogP contribution in [0.5, 0.6) is 0 Å². The first-order valence-corrected chi connectivity index (χ1v) is 10.6. The van der Waals surface area contributed by atoms with Gasteiger partial charge in [-0.15, -0.1) is 0 Å². The molecule has 3 aromatic rings. The maximum atomic E-state index is 12.7. The molecule has 0 fully saturated rings. The van der Waals surface area contributed by atoms with Crippen LogP contribution in [0.1, 0.15) is 38.2 Å². The molecule has 0 saturated heterocycles. The lowest BCUT2D eigenvalue weighted by molar-refractivity contribution is 0.202. The van der Waals surface area contributed by atoms with Crippen LogP contribution in [0.2, 0.25) is 0 Å². The fourth-order valence-corrected chi connectivity index (χ4v) is 3.34. The molecule has 1 atom stereocenters. The van der Waals surface area contributed by atoms with Crippen molar-refractivity contribution >= 4 is 22.8 Å². The van der Waals surface area contributed by atoms with Crippen molar-refractivity contribution < 1.29 is 4.79 Å². The first-order chi connectivity index (χ1) is 14.9. The molecule has 32 heavy (non-hydrogen) atoms. The molecular formula is C25H36N6O. The monoisotopic (exact) mass is 436 g/mol. The number of nitrogens with zero attached hydrogens (tertiary/aromatic N) is 4. The van der Waals surface area contributed by atoms with E-state index in [0.717, 1.165) is 41.8 Å². The van der Waals surface area contributed by atoms with Gasteiger partial charge >= 0.3 is 6.03 Å². The topological polar surface area (TPSA) is 73.4 Å². The predicted octanol–water partition coefficient (Wildman–Crippen LogP) is 4.53. The Morgan fingerprint density at radius 3 is 2.41 bits per heavy atom. The number of hydrogen-bond acceptors (Lipinski definition) is 5. The summed E-state index contributed by atoms with van der Waals surface area (Å²) in [4.78, 5) is 25.9. The van der Waals surface area contributed by atoms with Gasteiger partial charge in [-0.2, -0.15) is 0 Å². The first kappa shape index (κ1) is 25.1. The van der Waals surface area contributed by atoms with E-state index in [1.165, 1.54) is 0 Å². The molecule has 0 saturated carbocycles. The maximum absolute atomic E-state index is 12.7. The lowest BCUT2D eigenvalue weighted by atomic mass is 10.1. The number of nitrogens with one attached hydrogen (secondary N) is 2. The molecule has 0 radical (unpaired) electrons. The molecule has 1 heterocycles. The van der Waals surface area contributed by atoms with E-state index < -0.39 is 0 Å². The number of fused-ring (bicyclic) bond motifs is 1. The highest BCUT2D eigenvalue weighted by Crippen LogP contribution is 2.20. The minimum absolute atomic E-state index is 0. The lowest BCUT2D eigenvalue weighted by Gasteiger charge is -2.21. The molecule has 3 rings (SSSR count). The summed E-state index contributed by atoms with van der Waals surface area (Å²) in [6.45, 7) is 4.13. The number of carbonyl (C=O) groups is 1. The van der Waals surface area contributed by atoms with Crippen LogP contribution in [0.4, 0.5) is 10.6 Å². The van der Waals surface area contributed by atoms with Crippen molar-refractivity contribution in [1.29, 1.82) is 0 Å². The summed E-state index contributed by atoms with van der Waals surface area (Å²) in [6, 6.07) is 17.6. The predicted molar refractivity (Wildman–Crippen MR) is 133 cm³/mol. The molecule has 0 spiro atoms. The molecule has 0 bridgehead atoms. The summed E-state index contributed by atoms with van der Waals surface area (Å²) < 4.78 is 0.